The molecule has 0 spiro atoms. The Labute approximate surface area is 189 Å². The highest BCUT2D eigenvalue weighted by Gasteiger charge is 2.45. The van der Waals surface area contributed by atoms with Crippen LogP contribution in [0, 0.1) is 6.92 Å². The SMILES string of the molecule is CCCCCOc1cccc(C2/C(=C(\O)c3ccc(C)cc3)C(=O)C(=O)N2CCOC)c1. The zero-order valence-electron chi connectivity index (χ0n) is 19.0. The van der Waals surface area contributed by atoms with E-state index in [-0.39, 0.29) is 24.5 Å². The van der Waals surface area contributed by atoms with Gasteiger partial charge in [0.25, 0.3) is 11.7 Å². The number of aliphatic hydroxyl groups is 1. The molecule has 1 saturated heterocycles. The van der Waals surface area contributed by atoms with Crippen molar-refractivity contribution in [2.24, 2.45) is 0 Å². The van der Waals surface area contributed by atoms with E-state index in [1.807, 2.05) is 43.3 Å². The van der Waals surface area contributed by atoms with Gasteiger partial charge in [0.2, 0.25) is 0 Å². The molecular formula is C26H31NO5. The van der Waals surface area contributed by atoms with Crippen molar-refractivity contribution < 1.29 is 24.2 Å². The smallest absolute Gasteiger partial charge is 0.295 e. The number of nitrogens with zero attached hydrogens (tertiary/aromatic N) is 1. The summed E-state index contributed by atoms with van der Waals surface area (Å²) < 4.78 is 11.0. The van der Waals surface area contributed by atoms with Gasteiger partial charge >= 0.3 is 0 Å². The molecule has 1 aliphatic heterocycles. The number of amides is 1. The Balaban J connectivity index is 2.02. The van der Waals surface area contributed by atoms with E-state index in [0.29, 0.717) is 23.5 Å². The number of hydrogen-bond donors (Lipinski definition) is 1. The molecule has 3 rings (SSSR count). The van der Waals surface area contributed by atoms with Crippen LogP contribution >= 0.6 is 0 Å². The largest absolute Gasteiger partial charge is 0.507 e. The molecule has 6 heteroatoms. The van der Waals surface area contributed by atoms with Crippen molar-refractivity contribution in [2.45, 2.75) is 39.2 Å². The quantitative estimate of drug-likeness (QED) is 0.254. The Hall–Kier alpha value is -3.12. The van der Waals surface area contributed by atoms with Crippen molar-refractivity contribution in [2.75, 3.05) is 26.9 Å². The Morgan fingerprint density at radius 1 is 1.06 bits per heavy atom. The molecule has 1 aliphatic rings. The fraction of sp³-hybridized carbons (Fsp3) is 0.385. The lowest BCUT2D eigenvalue weighted by Crippen LogP contribution is -2.32. The minimum Gasteiger partial charge on any atom is -0.507 e. The lowest BCUT2D eigenvalue weighted by Gasteiger charge is -2.25. The molecule has 1 unspecified atom stereocenters. The number of aryl methyl sites for hydroxylation is 1. The number of carbonyl (C=O) groups is 2. The van der Waals surface area contributed by atoms with Crippen molar-refractivity contribution in [3.8, 4) is 5.75 Å². The second-order valence-electron chi connectivity index (χ2n) is 7.98. The Morgan fingerprint density at radius 2 is 1.81 bits per heavy atom. The van der Waals surface area contributed by atoms with E-state index in [4.69, 9.17) is 9.47 Å². The summed E-state index contributed by atoms with van der Waals surface area (Å²) >= 11 is 0. The molecule has 2 aromatic rings. The molecule has 0 aromatic heterocycles. The molecule has 1 atom stereocenters. The number of ether oxygens (including phenoxy) is 2. The highest BCUT2D eigenvalue weighted by atomic mass is 16.5. The summed E-state index contributed by atoms with van der Waals surface area (Å²) in [5, 5.41) is 11.1. The summed E-state index contributed by atoms with van der Waals surface area (Å²) in [5.74, 6) is -0.845. The number of rotatable bonds is 10. The van der Waals surface area contributed by atoms with Crippen molar-refractivity contribution >= 4 is 17.4 Å². The van der Waals surface area contributed by atoms with Gasteiger partial charge < -0.3 is 19.5 Å². The number of hydrogen-bond acceptors (Lipinski definition) is 5. The molecule has 0 bridgehead atoms. The van der Waals surface area contributed by atoms with Crippen LogP contribution in [0.3, 0.4) is 0 Å². The second-order valence-corrected chi connectivity index (χ2v) is 7.98. The summed E-state index contributed by atoms with van der Waals surface area (Å²) in [6, 6.07) is 13.9. The first kappa shape index (κ1) is 23.5. The minimum atomic E-state index is -0.717. The fourth-order valence-corrected chi connectivity index (χ4v) is 3.83. The topological polar surface area (TPSA) is 76.1 Å². The molecular weight excluding hydrogens is 406 g/mol. The fourth-order valence-electron chi connectivity index (χ4n) is 3.83. The highest BCUT2D eigenvalue weighted by molar-refractivity contribution is 6.46. The van der Waals surface area contributed by atoms with Crippen molar-refractivity contribution in [1.29, 1.82) is 0 Å². The third-order valence-corrected chi connectivity index (χ3v) is 5.59. The van der Waals surface area contributed by atoms with Crippen LogP contribution in [-0.2, 0) is 14.3 Å². The van der Waals surface area contributed by atoms with Crippen molar-refractivity contribution in [3.05, 3.63) is 70.8 Å². The molecule has 0 saturated carbocycles. The minimum absolute atomic E-state index is 0.0816. The average Bonchev–Trinajstić information content (AvgIpc) is 3.05. The Bertz CT molecular complexity index is 980. The second kappa shape index (κ2) is 11.0. The van der Waals surface area contributed by atoms with Gasteiger partial charge in [-0.3, -0.25) is 9.59 Å². The molecule has 1 N–H and O–H groups in total. The molecule has 170 valence electrons. The summed E-state index contributed by atoms with van der Waals surface area (Å²) in [5.41, 5.74) is 2.32. The standard InChI is InChI=1S/C26H31NO5/c1-4-5-6-15-32-21-9-7-8-20(17-21)23-22(24(28)19-12-10-18(2)11-13-19)25(29)26(30)27(23)14-16-31-3/h7-13,17,23,28H,4-6,14-16H2,1-3H3/b24-22+. The lowest BCUT2D eigenvalue weighted by molar-refractivity contribution is -0.140. The van der Waals surface area contributed by atoms with Gasteiger partial charge in [-0.15, -0.1) is 0 Å². The van der Waals surface area contributed by atoms with Crippen molar-refractivity contribution in [3.63, 3.8) is 0 Å². The molecule has 1 amide bonds. The van der Waals surface area contributed by atoms with Gasteiger partial charge in [0.1, 0.15) is 11.5 Å². The predicted molar refractivity (Wildman–Crippen MR) is 124 cm³/mol. The summed E-state index contributed by atoms with van der Waals surface area (Å²) in [7, 11) is 1.54. The van der Waals surface area contributed by atoms with Gasteiger partial charge in [-0.1, -0.05) is 61.7 Å². The molecule has 1 heterocycles. The van der Waals surface area contributed by atoms with Gasteiger partial charge in [0, 0.05) is 19.2 Å². The van der Waals surface area contributed by atoms with Crippen LogP contribution < -0.4 is 4.74 Å². The lowest BCUT2D eigenvalue weighted by atomic mass is 9.95. The maximum atomic E-state index is 13.0. The number of ketones is 1. The molecule has 1 fully saturated rings. The van der Waals surface area contributed by atoms with E-state index in [2.05, 4.69) is 6.92 Å². The Morgan fingerprint density at radius 3 is 2.50 bits per heavy atom. The van der Waals surface area contributed by atoms with Crippen LogP contribution in [-0.4, -0.2) is 48.6 Å². The molecule has 2 aromatic carbocycles. The first-order valence-corrected chi connectivity index (χ1v) is 11.0. The van der Waals surface area contributed by atoms with E-state index in [1.165, 1.54) is 4.90 Å². The van der Waals surface area contributed by atoms with E-state index >= 15 is 0 Å². The van der Waals surface area contributed by atoms with Crippen LogP contribution in [0.1, 0.15) is 48.9 Å². The van der Waals surface area contributed by atoms with Crippen LogP contribution in [0.5, 0.6) is 5.75 Å². The summed E-state index contributed by atoms with van der Waals surface area (Å²) in [6.07, 6.45) is 3.16. The van der Waals surface area contributed by atoms with E-state index in [1.54, 1.807) is 19.2 Å². The molecule has 0 radical (unpaired) electrons. The van der Waals surface area contributed by atoms with Crippen LogP contribution in [0.25, 0.3) is 5.76 Å². The number of likely N-dealkylation sites (tertiary alicyclic amines) is 1. The number of Topliss-reactive ketones (excluding diaryl/α,β-unsaturated/α-hetero) is 1. The van der Waals surface area contributed by atoms with Crippen molar-refractivity contribution in [1.82, 2.24) is 4.90 Å². The van der Waals surface area contributed by atoms with Crippen LogP contribution in [0.2, 0.25) is 0 Å². The Kier molecular flexibility index (Phi) is 8.06. The van der Waals surface area contributed by atoms with E-state index in [9.17, 15) is 14.7 Å². The maximum Gasteiger partial charge on any atom is 0.295 e. The van der Waals surface area contributed by atoms with Crippen LogP contribution in [0.15, 0.2) is 54.1 Å². The highest BCUT2D eigenvalue weighted by Crippen LogP contribution is 2.40. The first-order valence-electron chi connectivity index (χ1n) is 11.0. The zero-order chi connectivity index (χ0) is 23.1. The average molecular weight is 438 g/mol. The third-order valence-electron chi connectivity index (χ3n) is 5.59. The zero-order valence-corrected chi connectivity index (χ0v) is 19.0. The van der Waals surface area contributed by atoms with Crippen LogP contribution in [0.4, 0.5) is 0 Å². The summed E-state index contributed by atoms with van der Waals surface area (Å²) in [4.78, 5) is 27.3. The number of aliphatic hydroxyl groups excluding tert-OH is 1. The number of unbranched alkanes of at least 4 members (excludes halogenated alkanes) is 2. The number of benzene rings is 2. The van der Waals surface area contributed by atoms with E-state index in [0.717, 1.165) is 24.8 Å². The predicted octanol–water partition coefficient (Wildman–Crippen LogP) is 4.63. The number of carbonyl (C=O) groups excluding carboxylic acids is 2. The molecule has 32 heavy (non-hydrogen) atoms. The first-order chi connectivity index (χ1) is 15.5. The molecule has 0 aliphatic carbocycles. The third kappa shape index (κ3) is 5.19. The monoisotopic (exact) mass is 437 g/mol. The summed E-state index contributed by atoms with van der Waals surface area (Å²) in [6.45, 7) is 5.20. The van der Waals surface area contributed by atoms with E-state index < -0.39 is 17.7 Å². The van der Waals surface area contributed by atoms with Gasteiger partial charge in [0.15, 0.2) is 0 Å². The van der Waals surface area contributed by atoms with Gasteiger partial charge in [-0.2, -0.15) is 0 Å². The van der Waals surface area contributed by atoms with Gasteiger partial charge in [-0.25, -0.2) is 0 Å². The number of methoxy groups -OCH3 is 1. The maximum absolute atomic E-state index is 13.0. The van der Waals surface area contributed by atoms with Gasteiger partial charge in [-0.05, 0) is 31.0 Å². The van der Waals surface area contributed by atoms with Gasteiger partial charge in [0.05, 0.1) is 24.8 Å². The normalized spacial score (nSPS) is 17.7. The molecule has 6 nitrogen and oxygen atoms in total.